The Morgan fingerprint density at radius 2 is 1.92 bits per heavy atom. The molecule has 4 N–H and O–H groups in total. The van der Waals surface area contributed by atoms with Crippen molar-refractivity contribution in [2.24, 2.45) is 11.7 Å². The molecule has 0 saturated carbocycles. The number of nitrogens with one attached hydrogen (secondary N) is 2. The van der Waals surface area contributed by atoms with Crippen LogP contribution < -0.4 is 10.5 Å². The van der Waals surface area contributed by atoms with E-state index in [0.717, 1.165) is 0 Å². The average molecular weight is 534 g/mol. The second kappa shape index (κ2) is 10.8. The number of hydrogen-bond acceptors (Lipinski definition) is 9. The number of amidine groups is 1. The Morgan fingerprint density at radius 3 is 2.56 bits per heavy atom. The van der Waals surface area contributed by atoms with Crippen LogP contribution in [0.25, 0.3) is 16.6 Å². The van der Waals surface area contributed by atoms with E-state index in [2.05, 4.69) is 9.97 Å². The number of aromatic amines is 1. The van der Waals surface area contributed by atoms with E-state index in [0.29, 0.717) is 33.5 Å². The molecule has 1 heterocycles. The predicted molar refractivity (Wildman–Crippen MR) is 142 cm³/mol. The third kappa shape index (κ3) is 5.08. The fraction of sp³-hybridized carbons (Fsp3) is 0.259. The number of rotatable bonds is 9. The highest BCUT2D eigenvalue weighted by Crippen LogP contribution is 2.44. The number of para-hydroxylation sites is 1. The molecule has 2 unspecified atom stereocenters. The SMILES string of the molecule is COC(=O)CC(C(=O)OC)C1=CC(c2nc3ccc(C(=N)N)cc3[nH]2)([N+](=O)[O-])C=C(c2ccccc2OC)C1. The Labute approximate surface area is 223 Å². The molecule has 0 spiro atoms. The monoisotopic (exact) mass is 533 g/mol. The number of carbonyl (C=O) groups is 2. The van der Waals surface area contributed by atoms with Gasteiger partial charge in [-0.05, 0) is 41.8 Å². The number of benzene rings is 2. The number of methoxy groups -OCH3 is 3. The van der Waals surface area contributed by atoms with Gasteiger partial charge in [0.15, 0.2) is 5.82 Å². The summed E-state index contributed by atoms with van der Waals surface area (Å²) in [6.07, 6.45) is 2.52. The van der Waals surface area contributed by atoms with Gasteiger partial charge in [0.05, 0.1) is 44.7 Å². The van der Waals surface area contributed by atoms with Gasteiger partial charge >= 0.3 is 17.5 Å². The zero-order chi connectivity index (χ0) is 28.3. The molecule has 0 fully saturated rings. The molecule has 0 radical (unpaired) electrons. The Balaban J connectivity index is 1.99. The summed E-state index contributed by atoms with van der Waals surface area (Å²) < 4.78 is 15.2. The summed E-state index contributed by atoms with van der Waals surface area (Å²) in [5.74, 6) is -2.28. The van der Waals surface area contributed by atoms with E-state index in [1.54, 1.807) is 42.5 Å². The fourth-order valence-electron chi connectivity index (χ4n) is 4.67. The van der Waals surface area contributed by atoms with Crippen LogP contribution in [0.3, 0.4) is 0 Å². The number of H-pyrrole nitrogens is 1. The lowest BCUT2D eigenvalue weighted by atomic mass is 9.77. The molecule has 1 aromatic heterocycles. The fourth-order valence-corrected chi connectivity index (χ4v) is 4.67. The van der Waals surface area contributed by atoms with Gasteiger partial charge in [-0.25, -0.2) is 4.98 Å². The molecule has 4 rings (SSSR count). The van der Waals surface area contributed by atoms with Gasteiger partial charge < -0.3 is 24.9 Å². The van der Waals surface area contributed by atoms with Crippen LogP contribution in [0.4, 0.5) is 0 Å². The summed E-state index contributed by atoms with van der Waals surface area (Å²) in [7, 11) is 3.86. The Bertz CT molecular complexity index is 1540. The van der Waals surface area contributed by atoms with Crippen molar-refractivity contribution >= 4 is 34.4 Å². The summed E-state index contributed by atoms with van der Waals surface area (Å²) in [6, 6.07) is 11.8. The normalized spacial score (nSPS) is 17.5. The zero-order valence-electron chi connectivity index (χ0n) is 21.5. The van der Waals surface area contributed by atoms with E-state index in [1.165, 1.54) is 33.5 Å². The molecular formula is C27H27N5O7. The van der Waals surface area contributed by atoms with Crippen LogP contribution in [0.2, 0.25) is 0 Å². The maximum absolute atomic E-state index is 12.9. The van der Waals surface area contributed by atoms with Crippen LogP contribution >= 0.6 is 0 Å². The molecule has 12 heteroatoms. The van der Waals surface area contributed by atoms with Crippen molar-refractivity contribution in [1.29, 1.82) is 5.41 Å². The van der Waals surface area contributed by atoms with Gasteiger partial charge in [-0.15, -0.1) is 0 Å². The number of esters is 2. The van der Waals surface area contributed by atoms with E-state index in [9.17, 15) is 19.7 Å². The molecule has 0 aliphatic heterocycles. The van der Waals surface area contributed by atoms with Crippen molar-refractivity contribution < 1.29 is 28.7 Å². The van der Waals surface area contributed by atoms with E-state index >= 15 is 0 Å². The lowest BCUT2D eigenvalue weighted by molar-refractivity contribution is -0.550. The quantitative estimate of drug-likeness (QED) is 0.0928. The molecule has 39 heavy (non-hydrogen) atoms. The molecule has 2 aromatic carbocycles. The third-order valence-electron chi connectivity index (χ3n) is 6.65. The van der Waals surface area contributed by atoms with Gasteiger partial charge in [0.1, 0.15) is 11.6 Å². The van der Waals surface area contributed by atoms with Crippen molar-refractivity contribution in [2.75, 3.05) is 21.3 Å². The largest absolute Gasteiger partial charge is 0.496 e. The second-order valence-corrected chi connectivity index (χ2v) is 8.94. The van der Waals surface area contributed by atoms with E-state index in [1.807, 2.05) is 0 Å². The smallest absolute Gasteiger partial charge is 0.316 e. The number of fused-ring (bicyclic) bond motifs is 1. The van der Waals surface area contributed by atoms with Crippen molar-refractivity contribution in [1.82, 2.24) is 9.97 Å². The summed E-state index contributed by atoms with van der Waals surface area (Å²) in [5, 5.41) is 20.6. The molecule has 0 saturated heterocycles. The first-order chi connectivity index (χ1) is 18.6. The minimum atomic E-state index is -2.05. The van der Waals surface area contributed by atoms with Crippen molar-refractivity contribution in [2.45, 2.75) is 18.4 Å². The maximum atomic E-state index is 12.9. The molecule has 1 aliphatic carbocycles. The summed E-state index contributed by atoms with van der Waals surface area (Å²) in [6.45, 7) is 0. The third-order valence-corrected chi connectivity index (χ3v) is 6.65. The molecular weight excluding hydrogens is 506 g/mol. The van der Waals surface area contributed by atoms with Gasteiger partial charge in [0, 0.05) is 28.2 Å². The molecule has 2 atom stereocenters. The minimum Gasteiger partial charge on any atom is -0.496 e. The minimum absolute atomic E-state index is 0.0329. The highest BCUT2D eigenvalue weighted by atomic mass is 16.6. The highest BCUT2D eigenvalue weighted by molar-refractivity contribution is 5.98. The lowest BCUT2D eigenvalue weighted by Crippen LogP contribution is -2.37. The van der Waals surface area contributed by atoms with Gasteiger partial charge in [-0.1, -0.05) is 18.2 Å². The summed E-state index contributed by atoms with van der Waals surface area (Å²) in [5.41, 5.74) is 6.19. The van der Waals surface area contributed by atoms with Crippen LogP contribution in [0.15, 0.2) is 60.2 Å². The Hall–Kier alpha value is -5.00. The number of nitrogens with zero attached hydrogens (tertiary/aromatic N) is 2. The number of nitrogen functional groups attached to an aromatic ring is 1. The molecule has 202 valence electrons. The number of ether oxygens (including phenoxy) is 3. The molecule has 12 nitrogen and oxygen atoms in total. The molecule has 0 bridgehead atoms. The molecule has 3 aromatic rings. The summed E-state index contributed by atoms with van der Waals surface area (Å²) in [4.78, 5) is 45.0. The van der Waals surface area contributed by atoms with Crippen LogP contribution in [-0.4, -0.2) is 54.0 Å². The van der Waals surface area contributed by atoms with Crippen LogP contribution in [0.1, 0.15) is 29.8 Å². The lowest BCUT2D eigenvalue weighted by Gasteiger charge is -2.28. The second-order valence-electron chi connectivity index (χ2n) is 8.94. The molecule has 0 amide bonds. The van der Waals surface area contributed by atoms with Crippen LogP contribution in [-0.2, 0) is 24.6 Å². The predicted octanol–water partition coefficient (Wildman–Crippen LogP) is 3.09. The number of nitro groups is 1. The van der Waals surface area contributed by atoms with E-state index in [-0.39, 0.29) is 30.1 Å². The topological polar surface area (TPSA) is 184 Å². The zero-order valence-corrected chi connectivity index (χ0v) is 21.5. The Morgan fingerprint density at radius 1 is 1.18 bits per heavy atom. The van der Waals surface area contributed by atoms with Gasteiger partial charge in [-0.3, -0.25) is 25.1 Å². The van der Waals surface area contributed by atoms with Crippen LogP contribution in [0, 0.1) is 21.4 Å². The van der Waals surface area contributed by atoms with Crippen molar-refractivity contribution in [3.8, 4) is 5.75 Å². The first-order valence-electron chi connectivity index (χ1n) is 11.8. The Kier molecular flexibility index (Phi) is 7.47. The van der Waals surface area contributed by atoms with Gasteiger partial charge in [0.25, 0.3) is 0 Å². The standard InChI is InChI=1S/C27H27N5O7/c1-37-22-7-5-4-6-18(22)16-10-17(19(25(34)39-3)12-23(33)38-2)14-27(13-16,32(35)36)26-30-20-9-8-15(24(28)29)11-21(20)31-26/h4-9,11,13-14,19H,10,12H2,1-3H3,(H3,28,29)(H,30,31). The number of imidazole rings is 1. The maximum Gasteiger partial charge on any atom is 0.316 e. The van der Waals surface area contributed by atoms with Crippen molar-refractivity contribution in [3.63, 3.8) is 0 Å². The van der Waals surface area contributed by atoms with Crippen LogP contribution in [0.5, 0.6) is 5.75 Å². The number of aromatic nitrogens is 2. The first kappa shape index (κ1) is 27.0. The van der Waals surface area contributed by atoms with Gasteiger partial charge in [0.2, 0.25) is 0 Å². The number of nitrogens with two attached hydrogens (primary N) is 1. The first-order valence-corrected chi connectivity index (χ1v) is 11.8. The van der Waals surface area contributed by atoms with E-state index in [4.69, 9.17) is 25.4 Å². The number of allylic oxidation sites excluding steroid dienone is 1. The van der Waals surface area contributed by atoms with E-state index < -0.39 is 28.3 Å². The number of carbonyl (C=O) groups excluding carboxylic acids is 2. The number of hydrogen-bond donors (Lipinski definition) is 3. The average Bonchev–Trinajstić information content (AvgIpc) is 3.39. The highest BCUT2D eigenvalue weighted by Gasteiger charge is 2.48. The summed E-state index contributed by atoms with van der Waals surface area (Å²) >= 11 is 0. The van der Waals surface area contributed by atoms with Gasteiger partial charge in [-0.2, -0.15) is 0 Å². The van der Waals surface area contributed by atoms with Crippen molar-refractivity contribution in [3.05, 3.63) is 87.3 Å². The molecule has 1 aliphatic rings.